The van der Waals surface area contributed by atoms with Gasteiger partial charge in [-0.25, -0.2) is 10.3 Å². The van der Waals surface area contributed by atoms with Gasteiger partial charge in [0, 0.05) is 0 Å². The Hall–Kier alpha value is -2.74. The first-order chi connectivity index (χ1) is 11.9. The van der Waals surface area contributed by atoms with Crippen molar-refractivity contribution in [3.05, 3.63) is 46.0 Å². The van der Waals surface area contributed by atoms with Crippen LogP contribution < -0.4 is 15.9 Å². The van der Waals surface area contributed by atoms with Gasteiger partial charge in [-0.1, -0.05) is 32.0 Å². The fourth-order valence-electron chi connectivity index (χ4n) is 2.87. The average molecular weight is 349 g/mol. The molecule has 0 saturated carbocycles. The average Bonchev–Trinajstić information content (AvgIpc) is 2.87. The summed E-state index contributed by atoms with van der Waals surface area (Å²) in [7, 11) is 1.58. The molecule has 1 atom stereocenters. The molecule has 0 fully saturated rings. The fraction of sp³-hybridized carbons (Fsp3) is 0.412. The molecule has 2 aromatic rings. The molecule has 0 bridgehead atoms. The second-order valence-corrected chi connectivity index (χ2v) is 6.08. The summed E-state index contributed by atoms with van der Waals surface area (Å²) in [5, 5.41) is 19.3. The van der Waals surface area contributed by atoms with Crippen molar-refractivity contribution in [2.45, 2.75) is 32.7 Å². The Morgan fingerprint density at radius 2 is 2.00 bits per heavy atom. The molecule has 4 N–H and O–H groups in total. The minimum atomic E-state index is -1.02. The van der Waals surface area contributed by atoms with E-state index in [4.69, 9.17) is 9.94 Å². The summed E-state index contributed by atoms with van der Waals surface area (Å²) in [4.78, 5) is 26.7. The van der Waals surface area contributed by atoms with Crippen LogP contribution in [-0.4, -0.2) is 32.9 Å². The first kappa shape index (κ1) is 18.6. The first-order valence-electron chi connectivity index (χ1n) is 7.98. The van der Waals surface area contributed by atoms with Crippen molar-refractivity contribution in [2.75, 3.05) is 7.11 Å². The van der Waals surface area contributed by atoms with Crippen LogP contribution in [0, 0.1) is 5.92 Å². The van der Waals surface area contributed by atoms with Crippen LogP contribution in [0.3, 0.4) is 0 Å². The number of carbonyl (C=O) groups excluding carboxylic acids is 1. The molecule has 2 rings (SSSR count). The second kappa shape index (κ2) is 7.89. The molecule has 0 saturated heterocycles. The zero-order valence-electron chi connectivity index (χ0n) is 14.4. The van der Waals surface area contributed by atoms with Crippen LogP contribution in [0.4, 0.5) is 0 Å². The summed E-state index contributed by atoms with van der Waals surface area (Å²) in [5.41, 5.74) is 2.20. The highest BCUT2D eigenvalue weighted by Gasteiger charge is 2.29. The number of hydroxylamine groups is 1. The number of amides is 1. The maximum absolute atomic E-state index is 12.2. The van der Waals surface area contributed by atoms with Crippen LogP contribution in [-0.2, 0) is 17.6 Å². The van der Waals surface area contributed by atoms with E-state index in [2.05, 4.69) is 4.98 Å². The summed E-state index contributed by atoms with van der Waals surface area (Å²) in [6.07, 6.45) is 0.899. The van der Waals surface area contributed by atoms with Gasteiger partial charge in [0.25, 0.3) is 5.91 Å². The number of hydrogen-bond acceptors (Lipinski definition) is 5. The van der Waals surface area contributed by atoms with Gasteiger partial charge in [0.1, 0.15) is 11.8 Å². The van der Waals surface area contributed by atoms with E-state index in [-0.39, 0.29) is 11.8 Å². The molecule has 0 aliphatic rings. The van der Waals surface area contributed by atoms with Gasteiger partial charge < -0.3 is 14.8 Å². The molecule has 1 heterocycles. The van der Waals surface area contributed by atoms with Crippen LogP contribution in [0.5, 0.6) is 11.6 Å². The molecule has 0 aliphatic heterocycles. The number of nitrogens with one attached hydrogen (secondary N) is 2. The number of carbonyl (C=O) groups is 1. The topological polar surface area (TPSA) is 117 Å². The van der Waals surface area contributed by atoms with E-state index in [1.165, 1.54) is 0 Å². The zero-order chi connectivity index (χ0) is 18.6. The number of para-hydroxylation sites is 1. The molecule has 8 heteroatoms. The van der Waals surface area contributed by atoms with E-state index < -0.39 is 17.6 Å². The summed E-state index contributed by atoms with van der Waals surface area (Å²) in [5.74, 6) is -0.651. The molecule has 8 nitrogen and oxygen atoms in total. The van der Waals surface area contributed by atoms with Gasteiger partial charge in [0.15, 0.2) is 0 Å². The van der Waals surface area contributed by atoms with Crippen molar-refractivity contribution in [3.8, 4) is 11.6 Å². The number of ether oxygens (including phenoxy) is 1. The largest absolute Gasteiger partial charge is 0.496 e. The normalized spacial score (nSPS) is 12.2. The van der Waals surface area contributed by atoms with E-state index >= 15 is 0 Å². The number of rotatable bonds is 7. The highest BCUT2D eigenvalue weighted by molar-refractivity contribution is 5.79. The summed E-state index contributed by atoms with van der Waals surface area (Å²) in [6, 6.07) is 6.46. The van der Waals surface area contributed by atoms with Crippen molar-refractivity contribution in [1.29, 1.82) is 0 Å². The van der Waals surface area contributed by atoms with Crippen molar-refractivity contribution in [2.24, 2.45) is 5.92 Å². The van der Waals surface area contributed by atoms with Crippen molar-refractivity contribution < 1.29 is 19.8 Å². The highest BCUT2D eigenvalue weighted by atomic mass is 16.5. The number of aromatic amines is 1. The lowest BCUT2D eigenvalue weighted by Crippen LogP contribution is -2.37. The van der Waals surface area contributed by atoms with Crippen molar-refractivity contribution >= 4 is 5.91 Å². The van der Waals surface area contributed by atoms with Crippen LogP contribution in [0.15, 0.2) is 29.1 Å². The van der Waals surface area contributed by atoms with Crippen LogP contribution in [0.1, 0.15) is 31.1 Å². The van der Waals surface area contributed by atoms with Gasteiger partial charge in [-0.2, -0.15) is 0 Å². The van der Waals surface area contributed by atoms with Gasteiger partial charge in [-0.3, -0.25) is 14.6 Å². The first-order valence-corrected chi connectivity index (χ1v) is 7.98. The van der Waals surface area contributed by atoms with E-state index in [9.17, 15) is 14.7 Å². The lowest BCUT2D eigenvalue weighted by atomic mass is 10.0. The Morgan fingerprint density at radius 3 is 2.60 bits per heavy atom. The van der Waals surface area contributed by atoms with E-state index in [1.54, 1.807) is 26.4 Å². The summed E-state index contributed by atoms with van der Waals surface area (Å²) < 4.78 is 6.25. The van der Waals surface area contributed by atoms with Gasteiger partial charge in [-0.05, 0) is 30.4 Å². The predicted octanol–water partition coefficient (Wildman–Crippen LogP) is 1.38. The number of H-pyrrole nitrogens is 1. The van der Waals surface area contributed by atoms with Crippen molar-refractivity contribution in [1.82, 2.24) is 15.0 Å². The molecular formula is C17H23N3O5. The smallest absolute Gasteiger partial charge is 0.329 e. The third kappa shape index (κ3) is 3.85. The monoisotopic (exact) mass is 349 g/mol. The third-order valence-corrected chi connectivity index (χ3v) is 4.10. The Bertz CT molecular complexity index is 794. The number of methoxy groups -OCH3 is 1. The minimum absolute atomic E-state index is 0.304. The number of aromatic hydroxyl groups is 1. The maximum atomic E-state index is 12.2. The van der Waals surface area contributed by atoms with Gasteiger partial charge >= 0.3 is 5.69 Å². The SMILES string of the molecule is COc1ccccc1CCc1[nH]c(=O)n([C@@H](C(=O)NO)C(C)C)c1O. The highest BCUT2D eigenvalue weighted by Crippen LogP contribution is 2.26. The molecule has 136 valence electrons. The van der Waals surface area contributed by atoms with Crippen LogP contribution in [0.25, 0.3) is 0 Å². The predicted molar refractivity (Wildman–Crippen MR) is 90.9 cm³/mol. The number of nitrogens with zero attached hydrogens (tertiary/aromatic N) is 1. The number of imidazole rings is 1. The molecule has 1 aromatic heterocycles. The van der Waals surface area contributed by atoms with Gasteiger partial charge in [0.05, 0.1) is 12.8 Å². The molecule has 0 unspecified atom stereocenters. The van der Waals surface area contributed by atoms with E-state index in [1.807, 2.05) is 24.3 Å². The lowest BCUT2D eigenvalue weighted by molar-refractivity contribution is -0.134. The summed E-state index contributed by atoms with van der Waals surface area (Å²) in [6.45, 7) is 3.43. The van der Waals surface area contributed by atoms with Gasteiger partial charge in [-0.15, -0.1) is 0 Å². The Kier molecular flexibility index (Phi) is 5.87. The molecule has 25 heavy (non-hydrogen) atoms. The fourth-order valence-corrected chi connectivity index (χ4v) is 2.87. The molecule has 1 amide bonds. The lowest BCUT2D eigenvalue weighted by Gasteiger charge is -2.19. The third-order valence-electron chi connectivity index (χ3n) is 4.10. The number of aryl methyl sites for hydroxylation is 2. The van der Waals surface area contributed by atoms with E-state index in [0.717, 1.165) is 15.9 Å². The Labute approximate surface area is 145 Å². The molecular weight excluding hydrogens is 326 g/mol. The molecule has 1 aromatic carbocycles. The number of benzene rings is 1. The molecule has 0 radical (unpaired) electrons. The zero-order valence-corrected chi connectivity index (χ0v) is 14.4. The quantitative estimate of drug-likeness (QED) is 0.445. The minimum Gasteiger partial charge on any atom is -0.496 e. The van der Waals surface area contributed by atoms with Crippen molar-refractivity contribution in [3.63, 3.8) is 0 Å². The van der Waals surface area contributed by atoms with Crippen LogP contribution >= 0.6 is 0 Å². The summed E-state index contributed by atoms with van der Waals surface area (Å²) >= 11 is 0. The standard InChI is InChI=1S/C17H23N3O5/c1-10(2)14(15(21)19-24)20-16(22)12(18-17(20)23)9-8-11-6-4-5-7-13(11)25-3/h4-7,10,14,22,24H,8-9H2,1-3H3,(H,18,23)(H,19,21)/t14-/m1/s1. The van der Waals surface area contributed by atoms with E-state index in [0.29, 0.717) is 18.5 Å². The van der Waals surface area contributed by atoms with Gasteiger partial charge in [0.2, 0.25) is 5.88 Å². The molecule has 0 spiro atoms. The second-order valence-electron chi connectivity index (χ2n) is 6.08. The number of hydrogen-bond donors (Lipinski definition) is 4. The maximum Gasteiger partial charge on any atom is 0.329 e. The Balaban J connectivity index is 2.30. The molecule has 0 aliphatic carbocycles. The number of aromatic nitrogens is 2. The van der Waals surface area contributed by atoms with Crippen LogP contribution in [0.2, 0.25) is 0 Å². The Morgan fingerprint density at radius 1 is 1.32 bits per heavy atom.